The molecule has 16 heteroatoms. The smallest absolute Gasteiger partial charge is 0.282 e. The van der Waals surface area contributed by atoms with Crippen LogP contribution in [0.5, 0.6) is 0 Å². The van der Waals surface area contributed by atoms with Crippen LogP contribution in [-0.2, 0) is 22.4 Å². The maximum Gasteiger partial charge on any atom is 0.282 e. The maximum absolute atomic E-state index is 13.2. The number of hydrogen-bond acceptors (Lipinski definition) is 10. The van der Waals surface area contributed by atoms with Gasteiger partial charge in [0.25, 0.3) is 5.92 Å². The average Bonchev–Trinajstić information content (AvgIpc) is 3.74. The minimum atomic E-state index is -2.64. The van der Waals surface area contributed by atoms with Crippen LogP contribution in [0.25, 0.3) is 0 Å². The van der Waals surface area contributed by atoms with Gasteiger partial charge in [0, 0.05) is 36.3 Å². The van der Waals surface area contributed by atoms with E-state index in [1.807, 2.05) is 0 Å². The molecule has 1 aliphatic carbocycles. The first-order valence-corrected chi connectivity index (χ1v) is 17.8. The molecule has 2 amide bonds. The molecule has 2 atom stereocenters. The Kier molecular flexibility index (Phi) is 11.0. The predicted molar refractivity (Wildman–Crippen MR) is 183 cm³/mol. The summed E-state index contributed by atoms with van der Waals surface area (Å²) in [7, 11) is 0. The van der Waals surface area contributed by atoms with Crippen LogP contribution in [0.15, 0.2) is 48.5 Å². The fourth-order valence-electron chi connectivity index (χ4n) is 6.15. The molecule has 1 saturated carbocycles. The summed E-state index contributed by atoms with van der Waals surface area (Å²) in [5.74, 6) is -2.81. The lowest BCUT2D eigenvalue weighted by Crippen LogP contribution is -2.56. The van der Waals surface area contributed by atoms with Crippen molar-refractivity contribution in [2.24, 2.45) is 0 Å². The van der Waals surface area contributed by atoms with Crippen molar-refractivity contribution >= 4 is 56.1 Å². The third kappa shape index (κ3) is 9.09. The van der Waals surface area contributed by atoms with E-state index < -0.39 is 19.3 Å². The van der Waals surface area contributed by atoms with Crippen LogP contribution >= 0.6 is 22.7 Å². The van der Waals surface area contributed by atoms with Gasteiger partial charge in [-0.1, -0.05) is 53.4 Å². The third-order valence-electron chi connectivity index (χ3n) is 8.63. The van der Waals surface area contributed by atoms with Gasteiger partial charge in [-0.2, -0.15) is 0 Å². The van der Waals surface area contributed by atoms with Crippen LogP contribution in [0.1, 0.15) is 58.7 Å². The molecule has 49 heavy (non-hydrogen) atoms. The van der Waals surface area contributed by atoms with Gasteiger partial charge in [-0.25, -0.2) is 17.6 Å². The van der Waals surface area contributed by atoms with Crippen LogP contribution in [0, 0.1) is 0 Å². The van der Waals surface area contributed by atoms with Crippen molar-refractivity contribution < 1.29 is 27.2 Å². The van der Waals surface area contributed by atoms with Crippen molar-refractivity contribution in [1.29, 1.82) is 0 Å². The largest absolute Gasteiger partial charge is 0.366 e. The Morgan fingerprint density at radius 2 is 1.27 bits per heavy atom. The van der Waals surface area contributed by atoms with Gasteiger partial charge in [0.05, 0.1) is 25.9 Å². The van der Waals surface area contributed by atoms with Crippen molar-refractivity contribution in [3.63, 3.8) is 0 Å². The Morgan fingerprint density at radius 3 is 1.73 bits per heavy atom. The van der Waals surface area contributed by atoms with E-state index in [0.717, 1.165) is 46.8 Å². The van der Waals surface area contributed by atoms with Crippen molar-refractivity contribution in [1.82, 2.24) is 20.4 Å². The Morgan fingerprint density at radius 1 is 0.776 bits per heavy atom. The molecule has 3 heterocycles. The zero-order chi connectivity index (χ0) is 34.4. The molecular formula is C33H36F4N8O2S2. The lowest BCUT2D eigenvalue weighted by molar-refractivity contribution is -0.116. The van der Waals surface area contributed by atoms with Gasteiger partial charge in [0.1, 0.15) is 23.4 Å². The molecule has 260 valence electrons. The summed E-state index contributed by atoms with van der Waals surface area (Å²) in [6.07, 6.45) is 3.89. The molecule has 0 unspecified atom stereocenters. The molecule has 4 aromatic rings. The molecule has 1 saturated heterocycles. The Balaban J connectivity index is 0.971. The highest BCUT2D eigenvalue weighted by atomic mass is 32.1. The number of carbonyl (C=O) groups excluding carboxylic acids is 2. The van der Waals surface area contributed by atoms with Crippen molar-refractivity contribution in [2.75, 3.05) is 60.0 Å². The monoisotopic (exact) mass is 716 g/mol. The lowest BCUT2D eigenvalue weighted by atomic mass is 9.82. The van der Waals surface area contributed by atoms with Gasteiger partial charge in [-0.05, 0) is 54.7 Å². The van der Waals surface area contributed by atoms with E-state index in [4.69, 9.17) is 0 Å². The molecule has 2 aromatic carbocycles. The summed E-state index contributed by atoms with van der Waals surface area (Å²) in [5, 5.41) is 25.3. The van der Waals surface area contributed by atoms with Crippen LogP contribution in [0.3, 0.4) is 0 Å². The Hall–Kier alpha value is -4.18. The standard InChI is InChI=1S/C33H36F4N8O2S2/c34-12-14-44(15-13-35)25-8-4-21(5-9-25)16-27(46)38-31-42-40-29(48-31)23-2-1-3-24(18-23)30-41-43-32(49-30)39-28(47)17-22-6-10-26(11-7-22)45-19-33(36,37)20-45/h4-11,23-24H,1-3,12-20H2,(H,38,42,46)(H,39,43,47)/t23-,24-/m0/s1. The molecule has 2 aromatic heterocycles. The Labute approximate surface area is 288 Å². The van der Waals surface area contributed by atoms with E-state index in [-0.39, 0.29) is 62.7 Å². The second-order valence-corrected chi connectivity index (χ2v) is 14.3. The molecule has 2 fully saturated rings. The second-order valence-electron chi connectivity index (χ2n) is 12.3. The van der Waals surface area contributed by atoms with Crippen LogP contribution in [0.4, 0.5) is 39.2 Å². The van der Waals surface area contributed by atoms with Gasteiger partial charge in [0.2, 0.25) is 22.1 Å². The molecule has 0 spiro atoms. The topological polar surface area (TPSA) is 116 Å². The first-order valence-electron chi connectivity index (χ1n) is 16.1. The van der Waals surface area contributed by atoms with Gasteiger partial charge in [0.15, 0.2) is 0 Å². The number of nitrogens with zero attached hydrogens (tertiary/aromatic N) is 6. The number of hydrogen-bond donors (Lipinski definition) is 2. The Bertz CT molecular complexity index is 1710. The fourth-order valence-corrected chi connectivity index (χ4v) is 7.97. The van der Waals surface area contributed by atoms with Crippen LogP contribution in [0.2, 0.25) is 0 Å². The number of rotatable bonds is 14. The molecule has 0 bridgehead atoms. The van der Waals surface area contributed by atoms with Crippen LogP contribution < -0.4 is 20.4 Å². The van der Waals surface area contributed by atoms with E-state index in [1.54, 1.807) is 58.3 Å². The van der Waals surface area contributed by atoms with Crippen molar-refractivity contribution in [3.05, 3.63) is 69.7 Å². The van der Waals surface area contributed by atoms with Crippen LogP contribution in [-0.4, -0.2) is 77.7 Å². The first-order chi connectivity index (χ1) is 23.7. The number of alkyl halides is 4. The van der Waals surface area contributed by atoms with Crippen molar-refractivity contribution in [2.45, 2.75) is 56.3 Å². The highest BCUT2D eigenvalue weighted by Gasteiger charge is 2.43. The number of benzene rings is 2. The summed E-state index contributed by atoms with van der Waals surface area (Å²) in [4.78, 5) is 28.6. The highest BCUT2D eigenvalue weighted by molar-refractivity contribution is 7.15. The van der Waals surface area contributed by atoms with Gasteiger partial charge < -0.3 is 20.4 Å². The predicted octanol–water partition coefficient (Wildman–Crippen LogP) is 6.39. The normalized spacial score (nSPS) is 18.5. The molecule has 6 rings (SSSR count). The quantitative estimate of drug-likeness (QED) is 0.144. The van der Waals surface area contributed by atoms with E-state index in [0.29, 0.717) is 21.6 Å². The third-order valence-corrected chi connectivity index (χ3v) is 10.6. The SMILES string of the molecule is O=C(Cc1ccc(N(CCF)CCF)cc1)Nc1nnc([C@H]2CCC[C@H](c3nnc(NC(=O)Cc4ccc(N5CC(F)(F)C5)cc4)s3)C2)s1. The van der Waals surface area contributed by atoms with Gasteiger partial charge in [-0.3, -0.25) is 9.59 Å². The number of halogens is 4. The molecule has 1 aliphatic heterocycles. The highest BCUT2D eigenvalue weighted by Crippen LogP contribution is 2.43. The first kappa shape index (κ1) is 34.7. The molecular weight excluding hydrogens is 681 g/mol. The minimum Gasteiger partial charge on any atom is -0.366 e. The summed E-state index contributed by atoms with van der Waals surface area (Å²) in [6, 6.07) is 14.1. The number of nitrogens with one attached hydrogen (secondary N) is 2. The zero-order valence-corrected chi connectivity index (χ0v) is 28.2. The van der Waals surface area contributed by atoms with Gasteiger partial charge >= 0.3 is 0 Å². The van der Waals surface area contributed by atoms with E-state index in [2.05, 4.69) is 31.0 Å². The van der Waals surface area contributed by atoms with E-state index in [1.165, 1.54) is 22.7 Å². The zero-order valence-electron chi connectivity index (χ0n) is 26.6. The molecule has 2 aliphatic rings. The van der Waals surface area contributed by atoms with Gasteiger partial charge in [-0.15, -0.1) is 20.4 Å². The number of aromatic nitrogens is 4. The van der Waals surface area contributed by atoms with Crippen molar-refractivity contribution in [3.8, 4) is 0 Å². The summed E-state index contributed by atoms with van der Waals surface area (Å²) in [6.45, 7) is -1.51. The summed E-state index contributed by atoms with van der Waals surface area (Å²) >= 11 is 2.71. The summed E-state index contributed by atoms with van der Waals surface area (Å²) in [5.41, 5.74) is 2.94. The molecule has 10 nitrogen and oxygen atoms in total. The number of anilines is 4. The summed E-state index contributed by atoms with van der Waals surface area (Å²) < 4.78 is 51.9. The number of carbonyl (C=O) groups is 2. The average molecular weight is 717 g/mol. The molecule has 2 N–H and O–H groups in total. The lowest BCUT2D eigenvalue weighted by Gasteiger charge is -2.40. The maximum atomic E-state index is 13.2. The number of amides is 2. The second kappa shape index (κ2) is 15.6. The van der Waals surface area contributed by atoms with E-state index >= 15 is 0 Å². The van der Waals surface area contributed by atoms with E-state index in [9.17, 15) is 27.2 Å². The fraction of sp³-hybridized carbons (Fsp3) is 0.455. The molecule has 0 radical (unpaired) electrons. The minimum absolute atomic E-state index is 0.110.